The average molecular weight is 298 g/mol. The van der Waals surface area contributed by atoms with Gasteiger partial charge in [-0.2, -0.15) is 0 Å². The fourth-order valence-corrected chi connectivity index (χ4v) is 2.64. The third kappa shape index (κ3) is 4.61. The van der Waals surface area contributed by atoms with E-state index in [1.165, 1.54) is 0 Å². The summed E-state index contributed by atoms with van der Waals surface area (Å²) in [6.45, 7) is 10.2. The molecule has 1 aliphatic carbocycles. The molecule has 0 aromatic rings. The normalized spacial score (nSPS) is 27.8. The Morgan fingerprint density at radius 2 is 1.81 bits per heavy atom. The van der Waals surface area contributed by atoms with Gasteiger partial charge in [-0.25, -0.2) is 9.59 Å². The molecule has 3 N–H and O–H groups in total. The summed E-state index contributed by atoms with van der Waals surface area (Å²) in [6.07, 6.45) is 3.81. The molecule has 1 saturated carbocycles. The number of carboxylic acid groups (broad SMARTS) is 1. The Bertz CT molecular complexity index is 379. The Morgan fingerprint density at radius 3 is 2.19 bits per heavy atom. The van der Waals surface area contributed by atoms with Crippen molar-refractivity contribution in [3.05, 3.63) is 0 Å². The molecule has 1 fully saturated rings. The van der Waals surface area contributed by atoms with Crippen LogP contribution in [0, 0.1) is 11.3 Å². The topological polar surface area (TPSA) is 78.4 Å². The number of carboxylic acids is 1. The number of nitrogens with one attached hydrogen (secondary N) is 2. The zero-order chi connectivity index (χ0) is 16.3. The SMILES string of the molecule is CCC1CCC(NC(=O)NC(C)C(C)(C)C)(C(=O)O)CC1. The zero-order valence-electron chi connectivity index (χ0n) is 14.0. The lowest BCUT2D eigenvalue weighted by Gasteiger charge is -2.38. The number of hydrogen-bond donors (Lipinski definition) is 3. The lowest BCUT2D eigenvalue weighted by Crippen LogP contribution is -2.60. The summed E-state index contributed by atoms with van der Waals surface area (Å²) in [7, 11) is 0. The van der Waals surface area contributed by atoms with Gasteiger partial charge in [-0.1, -0.05) is 34.1 Å². The number of urea groups is 1. The van der Waals surface area contributed by atoms with Crippen LogP contribution < -0.4 is 10.6 Å². The van der Waals surface area contributed by atoms with Crippen LogP contribution in [0.2, 0.25) is 0 Å². The van der Waals surface area contributed by atoms with Gasteiger partial charge in [0.1, 0.15) is 5.54 Å². The minimum Gasteiger partial charge on any atom is -0.480 e. The number of carbonyl (C=O) groups is 2. The van der Waals surface area contributed by atoms with E-state index < -0.39 is 11.5 Å². The van der Waals surface area contributed by atoms with Gasteiger partial charge in [0.05, 0.1) is 0 Å². The largest absolute Gasteiger partial charge is 0.480 e. The summed E-state index contributed by atoms with van der Waals surface area (Å²) < 4.78 is 0. The van der Waals surface area contributed by atoms with Gasteiger partial charge < -0.3 is 15.7 Å². The summed E-state index contributed by atoms with van der Waals surface area (Å²) in [5.41, 5.74) is -1.17. The van der Waals surface area contributed by atoms with Crippen molar-refractivity contribution in [1.29, 1.82) is 0 Å². The smallest absolute Gasteiger partial charge is 0.329 e. The predicted molar refractivity (Wildman–Crippen MR) is 83.2 cm³/mol. The fourth-order valence-electron chi connectivity index (χ4n) is 2.64. The molecule has 0 spiro atoms. The van der Waals surface area contributed by atoms with Crippen LogP contribution in [0.1, 0.15) is 66.7 Å². The van der Waals surface area contributed by atoms with E-state index in [0.717, 1.165) is 19.3 Å². The lowest BCUT2D eigenvalue weighted by atomic mass is 9.75. The second kappa shape index (κ2) is 6.67. The Kier molecular flexibility index (Phi) is 5.65. The highest BCUT2D eigenvalue weighted by Gasteiger charge is 2.43. The Hall–Kier alpha value is -1.26. The monoisotopic (exact) mass is 298 g/mol. The molecule has 0 aliphatic heterocycles. The molecule has 0 heterocycles. The highest BCUT2D eigenvalue weighted by molar-refractivity contribution is 5.86. The van der Waals surface area contributed by atoms with Crippen molar-refractivity contribution < 1.29 is 14.7 Å². The maximum Gasteiger partial charge on any atom is 0.329 e. The van der Waals surface area contributed by atoms with Gasteiger partial charge in [-0.05, 0) is 43.9 Å². The number of rotatable bonds is 4. The van der Waals surface area contributed by atoms with E-state index in [1.807, 2.05) is 27.7 Å². The molecule has 0 bridgehead atoms. The van der Waals surface area contributed by atoms with E-state index in [0.29, 0.717) is 18.8 Å². The van der Waals surface area contributed by atoms with Crippen molar-refractivity contribution >= 4 is 12.0 Å². The van der Waals surface area contributed by atoms with Crippen molar-refractivity contribution in [3.63, 3.8) is 0 Å². The third-order valence-corrected chi connectivity index (χ3v) is 4.94. The van der Waals surface area contributed by atoms with E-state index in [9.17, 15) is 14.7 Å². The molecule has 2 amide bonds. The minimum absolute atomic E-state index is 0.0321. The van der Waals surface area contributed by atoms with E-state index >= 15 is 0 Å². The van der Waals surface area contributed by atoms with Crippen LogP contribution in [0.15, 0.2) is 0 Å². The summed E-state index contributed by atoms with van der Waals surface area (Å²) in [6, 6.07) is -0.412. The summed E-state index contributed by atoms with van der Waals surface area (Å²) >= 11 is 0. The van der Waals surface area contributed by atoms with Crippen molar-refractivity contribution in [3.8, 4) is 0 Å². The first-order valence-corrected chi connectivity index (χ1v) is 7.93. The van der Waals surface area contributed by atoms with E-state index in [1.54, 1.807) is 0 Å². The van der Waals surface area contributed by atoms with Gasteiger partial charge in [-0.15, -0.1) is 0 Å². The van der Waals surface area contributed by atoms with Gasteiger partial charge in [0, 0.05) is 6.04 Å². The zero-order valence-corrected chi connectivity index (χ0v) is 14.0. The standard InChI is InChI=1S/C16H30N2O3/c1-6-12-7-9-16(10-8-12,13(19)20)18-14(21)17-11(2)15(3,4)5/h11-12H,6-10H2,1-5H3,(H,19,20)(H2,17,18,21). The van der Waals surface area contributed by atoms with Crippen LogP contribution in [0.3, 0.4) is 0 Å². The number of aliphatic carboxylic acids is 1. The summed E-state index contributed by atoms with van der Waals surface area (Å²) in [4.78, 5) is 23.8. The predicted octanol–water partition coefficient (Wildman–Crippen LogP) is 3.14. The molecule has 5 nitrogen and oxygen atoms in total. The third-order valence-electron chi connectivity index (χ3n) is 4.94. The van der Waals surface area contributed by atoms with Crippen LogP contribution in [0.5, 0.6) is 0 Å². The molecular formula is C16H30N2O3. The van der Waals surface area contributed by atoms with E-state index in [4.69, 9.17) is 0 Å². The molecule has 1 unspecified atom stereocenters. The molecule has 0 aromatic carbocycles. The molecule has 1 aliphatic rings. The van der Waals surface area contributed by atoms with Gasteiger partial charge in [0.2, 0.25) is 0 Å². The number of carbonyl (C=O) groups excluding carboxylic acids is 1. The average Bonchev–Trinajstić information content (AvgIpc) is 2.38. The first-order chi connectivity index (χ1) is 9.60. The van der Waals surface area contributed by atoms with Crippen molar-refractivity contribution in [1.82, 2.24) is 10.6 Å². The van der Waals surface area contributed by atoms with Crippen LogP contribution >= 0.6 is 0 Å². The second-order valence-electron chi connectivity index (χ2n) is 7.43. The van der Waals surface area contributed by atoms with Crippen LogP contribution in [0.25, 0.3) is 0 Å². The second-order valence-corrected chi connectivity index (χ2v) is 7.43. The lowest BCUT2D eigenvalue weighted by molar-refractivity contribution is -0.146. The highest BCUT2D eigenvalue weighted by atomic mass is 16.4. The molecular weight excluding hydrogens is 268 g/mol. The van der Waals surface area contributed by atoms with Crippen molar-refractivity contribution in [2.24, 2.45) is 11.3 Å². The molecule has 0 saturated heterocycles. The Morgan fingerprint density at radius 1 is 1.29 bits per heavy atom. The van der Waals surface area contributed by atoms with Crippen molar-refractivity contribution in [2.75, 3.05) is 0 Å². The summed E-state index contributed by atoms with van der Waals surface area (Å²) in [5, 5.41) is 15.1. The van der Waals surface area contributed by atoms with E-state index in [2.05, 4.69) is 17.6 Å². The Balaban J connectivity index is 2.68. The minimum atomic E-state index is -1.10. The maximum atomic E-state index is 12.1. The molecule has 0 radical (unpaired) electrons. The first-order valence-electron chi connectivity index (χ1n) is 7.93. The van der Waals surface area contributed by atoms with Gasteiger partial charge in [-0.3, -0.25) is 0 Å². The Labute approximate surface area is 127 Å². The summed E-state index contributed by atoms with van der Waals surface area (Å²) in [5.74, 6) is -0.341. The highest BCUT2D eigenvalue weighted by Crippen LogP contribution is 2.34. The molecule has 1 atom stereocenters. The first kappa shape index (κ1) is 17.8. The number of amides is 2. The number of hydrogen-bond acceptors (Lipinski definition) is 2. The molecule has 0 aromatic heterocycles. The molecule has 5 heteroatoms. The van der Waals surface area contributed by atoms with Gasteiger partial charge in [0.25, 0.3) is 0 Å². The fraction of sp³-hybridized carbons (Fsp3) is 0.875. The molecule has 21 heavy (non-hydrogen) atoms. The van der Waals surface area contributed by atoms with Crippen LogP contribution in [-0.2, 0) is 4.79 Å². The maximum absolute atomic E-state index is 12.1. The van der Waals surface area contributed by atoms with Crippen LogP contribution in [-0.4, -0.2) is 28.7 Å². The van der Waals surface area contributed by atoms with Crippen molar-refractivity contribution in [2.45, 2.75) is 78.3 Å². The van der Waals surface area contributed by atoms with Gasteiger partial charge in [0.15, 0.2) is 0 Å². The van der Waals surface area contributed by atoms with Crippen LogP contribution in [0.4, 0.5) is 4.79 Å². The quantitative estimate of drug-likeness (QED) is 0.746. The van der Waals surface area contributed by atoms with Gasteiger partial charge >= 0.3 is 12.0 Å². The molecule has 1 rings (SSSR count). The molecule has 122 valence electrons. The van der Waals surface area contributed by atoms with E-state index in [-0.39, 0.29) is 17.5 Å².